The minimum atomic E-state index is -1.61. The number of ketones is 1. The number of likely N-dealkylation sites (tertiary alicyclic amines) is 1. The third-order valence-electron chi connectivity index (χ3n) is 4.28. The molecular formula is C19H13N2O7-. The van der Waals surface area contributed by atoms with Crippen LogP contribution in [-0.4, -0.2) is 39.1 Å². The summed E-state index contributed by atoms with van der Waals surface area (Å²) in [5.74, 6) is -4.34. The zero-order valence-corrected chi connectivity index (χ0v) is 14.3. The van der Waals surface area contributed by atoms with Crippen molar-refractivity contribution in [1.82, 2.24) is 4.90 Å². The van der Waals surface area contributed by atoms with Gasteiger partial charge >= 0.3 is 0 Å². The zero-order valence-electron chi connectivity index (χ0n) is 14.3. The summed E-state index contributed by atoms with van der Waals surface area (Å²) in [4.78, 5) is 47.2. The third-order valence-corrected chi connectivity index (χ3v) is 4.28. The van der Waals surface area contributed by atoms with E-state index in [0.29, 0.717) is 4.90 Å². The number of Topliss-reactive ketones (excluding diaryl/α,β-unsaturated/α-hetero) is 1. The highest BCUT2D eigenvalue weighted by molar-refractivity contribution is 6.46. The molecule has 1 aliphatic rings. The molecule has 1 aliphatic heterocycles. The normalized spacial score (nSPS) is 18.3. The van der Waals surface area contributed by atoms with Crippen molar-refractivity contribution >= 4 is 29.1 Å². The van der Waals surface area contributed by atoms with Gasteiger partial charge in [0.25, 0.3) is 17.4 Å². The Kier molecular flexibility index (Phi) is 4.90. The van der Waals surface area contributed by atoms with Crippen LogP contribution < -0.4 is 5.11 Å². The fourth-order valence-corrected chi connectivity index (χ4v) is 3.09. The predicted octanol–water partition coefficient (Wildman–Crippen LogP) is 0.766. The average molecular weight is 381 g/mol. The maximum Gasteiger partial charge on any atom is 0.295 e. The van der Waals surface area contributed by atoms with Gasteiger partial charge in [-0.2, -0.15) is 0 Å². The second kappa shape index (κ2) is 7.31. The van der Waals surface area contributed by atoms with Crippen molar-refractivity contribution in [2.24, 2.45) is 0 Å². The molecule has 0 aliphatic carbocycles. The molecule has 1 heterocycles. The van der Waals surface area contributed by atoms with Crippen molar-refractivity contribution in [1.29, 1.82) is 0 Å². The molecule has 1 amide bonds. The first-order valence-corrected chi connectivity index (χ1v) is 8.09. The molecule has 2 aromatic rings. The van der Waals surface area contributed by atoms with Crippen LogP contribution in [0.15, 0.2) is 60.2 Å². The molecule has 3 rings (SSSR count). The van der Waals surface area contributed by atoms with Crippen LogP contribution >= 0.6 is 0 Å². The average Bonchev–Trinajstić information content (AvgIpc) is 2.92. The number of aliphatic carboxylic acids is 1. The Bertz CT molecular complexity index is 1010. The maximum absolute atomic E-state index is 12.6. The Balaban J connectivity index is 2.23. The van der Waals surface area contributed by atoms with Crippen LogP contribution in [-0.2, 0) is 14.4 Å². The van der Waals surface area contributed by atoms with Gasteiger partial charge in [-0.15, -0.1) is 0 Å². The van der Waals surface area contributed by atoms with E-state index in [0.717, 1.165) is 6.07 Å². The smallest absolute Gasteiger partial charge is 0.295 e. The number of benzene rings is 2. The molecule has 142 valence electrons. The summed E-state index contributed by atoms with van der Waals surface area (Å²) in [6, 6.07) is 11.7. The highest BCUT2D eigenvalue weighted by Gasteiger charge is 2.46. The number of non-ortho nitro benzene ring substituents is 1. The van der Waals surface area contributed by atoms with E-state index in [9.17, 15) is 34.7 Å². The molecule has 9 heteroatoms. The summed E-state index contributed by atoms with van der Waals surface area (Å²) >= 11 is 0. The Morgan fingerprint density at radius 2 is 1.79 bits per heavy atom. The van der Waals surface area contributed by atoms with Crippen molar-refractivity contribution in [3.05, 3.63) is 81.4 Å². The SMILES string of the molecule is O=C([O-])CN1C(=O)C(=O)C(=C(O)c2ccccc2)[C@@H]1c1cccc([N+](=O)[O-])c1. The molecule has 0 radical (unpaired) electrons. The van der Waals surface area contributed by atoms with Crippen LogP contribution in [0.25, 0.3) is 5.76 Å². The highest BCUT2D eigenvalue weighted by atomic mass is 16.6. The monoisotopic (exact) mass is 381 g/mol. The lowest BCUT2D eigenvalue weighted by atomic mass is 9.95. The van der Waals surface area contributed by atoms with Gasteiger partial charge < -0.3 is 19.9 Å². The number of rotatable bonds is 5. The van der Waals surface area contributed by atoms with Crippen LogP contribution in [0.1, 0.15) is 17.2 Å². The zero-order chi connectivity index (χ0) is 20.4. The molecule has 9 nitrogen and oxygen atoms in total. The Morgan fingerprint density at radius 1 is 1.11 bits per heavy atom. The van der Waals surface area contributed by atoms with Crippen molar-refractivity contribution < 1.29 is 29.5 Å². The molecule has 1 saturated heterocycles. The number of hydrogen-bond donors (Lipinski definition) is 1. The number of aliphatic hydroxyl groups is 1. The molecule has 1 N–H and O–H groups in total. The number of amides is 1. The van der Waals surface area contributed by atoms with Crippen LogP contribution in [0, 0.1) is 10.1 Å². The number of carbonyl (C=O) groups is 3. The first-order valence-electron chi connectivity index (χ1n) is 8.09. The summed E-state index contributed by atoms with van der Waals surface area (Å²) < 4.78 is 0. The molecule has 0 unspecified atom stereocenters. The van der Waals surface area contributed by atoms with E-state index in [2.05, 4.69) is 0 Å². The summed E-state index contributed by atoms with van der Waals surface area (Å²) in [6.07, 6.45) is 0. The van der Waals surface area contributed by atoms with Gasteiger partial charge in [-0.1, -0.05) is 42.5 Å². The van der Waals surface area contributed by atoms with E-state index >= 15 is 0 Å². The molecule has 0 bridgehead atoms. The topological polar surface area (TPSA) is 141 Å². The van der Waals surface area contributed by atoms with Gasteiger partial charge in [0.2, 0.25) is 0 Å². The first-order chi connectivity index (χ1) is 13.3. The van der Waals surface area contributed by atoms with Gasteiger partial charge in [-0.05, 0) is 5.56 Å². The number of nitrogens with zero attached hydrogens (tertiary/aromatic N) is 2. The number of nitro benzene ring substituents is 1. The van der Waals surface area contributed by atoms with Crippen molar-refractivity contribution in [3.8, 4) is 0 Å². The highest BCUT2D eigenvalue weighted by Crippen LogP contribution is 2.39. The van der Waals surface area contributed by atoms with E-state index < -0.39 is 40.9 Å². The van der Waals surface area contributed by atoms with Gasteiger partial charge in [0.1, 0.15) is 5.76 Å². The van der Waals surface area contributed by atoms with Crippen LogP contribution in [0.2, 0.25) is 0 Å². The fraction of sp³-hybridized carbons (Fsp3) is 0.105. The molecule has 1 fully saturated rings. The van der Waals surface area contributed by atoms with E-state index in [1.165, 1.54) is 30.3 Å². The standard InChI is InChI=1S/C19H14N2O7/c22-14(23)10-20-16(12-7-4-8-13(9-12)21(27)28)15(18(25)19(20)26)17(24)11-5-2-1-3-6-11/h1-9,16,24H,10H2,(H,22,23)/p-1/t16-/m0/s1. The van der Waals surface area contributed by atoms with Crippen LogP contribution in [0.3, 0.4) is 0 Å². The molecule has 2 aromatic carbocycles. The van der Waals surface area contributed by atoms with E-state index in [1.54, 1.807) is 18.2 Å². The van der Waals surface area contributed by atoms with Gasteiger partial charge in [-0.3, -0.25) is 19.7 Å². The van der Waals surface area contributed by atoms with Gasteiger partial charge in [0.15, 0.2) is 0 Å². The predicted molar refractivity (Wildman–Crippen MR) is 93.6 cm³/mol. The number of carbonyl (C=O) groups excluding carboxylic acids is 3. The number of carboxylic acids is 1. The largest absolute Gasteiger partial charge is 0.548 e. The molecule has 0 spiro atoms. The Labute approximate surface area is 158 Å². The quantitative estimate of drug-likeness (QED) is 0.265. The van der Waals surface area contributed by atoms with Crippen LogP contribution in [0.4, 0.5) is 5.69 Å². The van der Waals surface area contributed by atoms with Gasteiger partial charge in [0.05, 0.1) is 29.1 Å². The van der Waals surface area contributed by atoms with E-state index in [-0.39, 0.29) is 22.4 Å². The summed E-state index contributed by atoms with van der Waals surface area (Å²) in [6.45, 7) is -0.913. The number of nitro groups is 1. The van der Waals surface area contributed by atoms with Crippen molar-refractivity contribution in [2.45, 2.75) is 6.04 Å². The Hall–Kier alpha value is -4.01. The Morgan fingerprint density at radius 3 is 2.39 bits per heavy atom. The fourth-order valence-electron chi connectivity index (χ4n) is 3.09. The molecular weight excluding hydrogens is 368 g/mol. The van der Waals surface area contributed by atoms with Gasteiger partial charge in [0, 0.05) is 17.7 Å². The lowest BCUT2D eigenvalue weighted by Gasteiger charge is -2.25. The van der Waals surface area contributed by atoms with E-state index in [1.807, 2.05) is 0 Å². The number of carboxylic acid groups (broad SMARTS) is 1. The minimum Gasteiger partial charge on any atom is -0.548 e. The first kappa shape index (κ1) is 18.8. The second-order valence-electron chi connectivity index (χ2n) is 6.02. The van der Waals surface area contributed by atoms with Gasteiger partial charge in [-0.25, -0.2) is 0 Å². The lowest BCUT2D eigenvalue weighted by Crippen LogP contribution is -2.40. The van der Waals surface area contributed by atoms with Crippen LogP contribution in [0.5, 0.6) is 0 Å². The molecule has 28 heavy (non-hydrogen) atoms. The summed E-state index contributed by atoms with van der Waals surface area (Å²) in [5, 5.41) is 32.8. The third kappa shape index (κ3) is 3.32. The second-order valence-corrected chi connectivity index (χ2v) is 6.02. The van der Waals surface area contributed by atoms with E-state index in [4.69, 9.17) is 0 Å². The number of aliphatic hydroxyl groups excluding tert-OH is 1. The number of hydrogen-bond acceptors (Lipinski definition) is 7. The lowest BCUT2D eigenvalue weighted by molar-refractivity contribution is -0.384. The summed E-state index contributed by atoms with van der Waals surface area (Å²) in [7, 11) is 0. The van der Waals surface area contributed by atoms with Crippen molar-refractivity contribution in [2.75, 3.05) is 6.54 Å². The molecule has 1 atom stereocenters. The summed E-state index contributed by atoms with van der Waals surface area (Å²) in [5.41, 5.74) is -0.300. The molecule has 0 saturated carbocycles. The molecule has 0 aromatic heterocycles. The van der Waals surface area contributed by atoms with Crippen molar-refractivity contribution in [3.63, 3.8) is 0 Å². The minimum absolute atomic E-state index is 0.118. The maximum atomic E-state index is 12.6.